The quantitative estimate of drug-likeness (QED) is 0.706. The van der Waals surface area contributed by atoms with Crippen molar-refractivity contribution in [1.82, 2.24) is 9.88 Å². The molecule has 2 heterocycles. The molecule has 1 aliphatic heterocycles. The molecule has 0 saturated heterocycles. The van der Waals surface area contributed by atoms with Gasteiger partial charge in [0.2, 0.25) is 0 Å². The molecule has 5 rings (SSSR count). The van der Waals surface area contributed by atoms with Gasteiger partial charge in [-0.2, -0.15) is 0 Å². The van der Waals surface area contributed by atoms with E-state index in [0.29, 0.717) is 24.3 Å². The molecule has 1 aromatic carbocycles. The van der Waals surface area contributed by atoms with Crippen LogP contribution in [0, 0.1) is 11.8 Å². The maximum absolute atomic E-state index is 11.9. The first-order valence-corrected chi connectivity index (χ1v) is 11.3. The lowest BCUT2D eigenvalue weighted by atomic mass is 9.64. The number of fused-ring (bicyclic) bond motifs is 2. The van der Waals surface area contributed by atoms with E-state index in [4.69, 9.17) is 0 Å². The molecule has 3 aliphatic rings. The molecule has 0 spiro atoms. The Morgan fingerprint density at radius 3 is 2.60 bits per heavy atom. The van der Waals surface area contributed by atoms with Crippen molar-refractivity contribution in [1.29, 1.82) is 0 Å². The number of aliphatic hydroxyl groups is 1. The highest BCUT2D eigenvalue weighted by Crippen LogP contribution is 2.54. The number of benzene rings is 1. The molecular weight excluding hydrogens is 376 g/mol. The first-order valence-electron chi connectivity index (χ1n) is 11.3. The monoisotopic (exact) mass is 408 g/mol. The maximum Gasteiger partial charge on any atom is 0.311 e. The van der Waals surface area contributed by atoms with Crippen LogP contribution in [0.3, 0.4) is 0 Å². The highest BCUT2D eigenvalue weighted by atomic mass is 16.4. The van der Waals surface area contributed by atoms with E-state index < -0.39 is 11.9 Å². The van der Waals surface area contributed by atoms with Crippen molar-refractivity contribution in [3.8, 4) is 0 Å². The van der Waals surface area contributed by atoms with Crippen molar-refractivity contribution in [3.05, 3.63) is 41.1 Å². The molecule has 0 bridgehead atoms. The summed E-state index contributed by atoms with van der Waals surface area (Å²) in [5.74, 6) is -0.0152. The molecule has 3 atom stereocenters. The number of rotatable bonds is 3. The molecule has 0 radical (unpaired) electrons. The fourth-order valence-electron chi connectivity index (χ4n) is 6.34. The molecule has 2 aliphatic carbocycles. The topological polar surface area (TPSA) is 76.6 Å². The van der Waals surface area contributed by atoms with Crippen molar-refractivity contribution < 1.29 is 15.0 Å². The zero-order valence-electron chi connectivity index (χ0n) is 18.1. The summed E-state index contributed by atoms with van der Waals surface area (Å²) in [6.07, 6.45) is 5.62. The number of aromatic nitrogens is 1. The molecule has 5 nitrogen and oxygen atoms in total. The van der Waals surface area contributed by atoms with E-state index in [1.54, 1.807) is 0 Å². The standard InChI is InChI=1S/C25H32N2O3/c1-13(2)23-22-20(14-7-9-16(28)10-8-14)24-18(11-15(25(29)30)12-27(24)3)17-5-4-6-19(26-23)21(17)22/h4-6,11,13-16,20,24,26,28H,7-10,12H2,1-3H3,(H,29,30)/t14?,15-,16?,20?,24+/m1/s1. The lowest BCUT2D eigenvalue weighted by molar-refractivity contribution is -0.140. The van der Waals surface area contributed by atoms with E-state index in [0.717, 1.165) is 31.2 Å². The number of hydrogen-bond donors (Lipinski definition) is 3. The van der Waals surface area contributed by atoms with Crippen LogP contribution in [0.2, 0.25) is 0 Å². The summed E-state index contributed by atoms with van der Waals surface area (Å²) >= 11 is 0. The summed E-state index contributed by atoms with van der Waals surface area (Å²) in [4.78, 5) is 17.9. The van der Waals surface area contributed by atoms with Gasteiger partial charge in [-0.15, -0.1) is 0 Å². The molecular formula is C25H32N2O3. The van der Waals surface area contributed by atoms with Crippen LogP contribution in [-0.2, 0) is 4.79 Å². The highest BCUT2D eigenvalue weighted by Gasteiger charge is 2.46. The molecule has 30 heavy (non-hydrogen) atoms. The minimum Gasteiger partial charge on any atom is -0.481 e. The maximum atomic E-state index is 11.9. The van der Waals surface area contributed by atoms with Gasteiger partial charge in [-0.05, 0) is 67.3 Å². The van der Waals surface area contributed by atoms with Crippen LogP contribution in [-0.4, -0.2) is 51.8 Å². The Morgan fingerprint density at radius 2 is 1.93 bits per heavy atom. The minimum atomic E-state index is -0.750. The number of carboxylic acids is 1. The summed E-state index contributed by atoms with van der Waals surface area (Å²) < 4.78 is 0. The highest BCUT2D eigenvalue weighted by molar-refractivity contribution is 6.00. The molecule has 2 aromatic rings. The second-order valence-corrected chi connectivity index (χ2v) is 9.88. The number of hydrogen-bond acceptors (Lipinski definition) is 3. The van der Waals surface area contributed by atoms with E-state index in [-0.39, 0.29) is 12.1 Å². The molecule has 1 fully saturated rings. The Kier molecular flexibility index (Phi) is 4.79. The molecule has 5 heteroatoms. The van der Waals surface area contributed by atoms with Gasteiger partial charge in [0, 0.05) is 35.1 Å². The van der Waals surface area contributed by atoms with Gasteiger partial charge in [0.25, 0.3) is 0 Å². The van der Waals surface area contributed by atoms with Crippen LogP contribution < -0.4 is 0 Å². The Hall–Kier alpha value is -2.11. The van der Waals surface area contributed by atoms with Crippen molar-refractivity contribution in [2.45, 2.75) is 63.5 Å². The van der Waals surface area contributed by atoms with Crippen LogP contribution >= 0.6 is 0 Å². The molecule has 0 amide bonds. The Balaban J connectivity index is 1.76. The number of likely N-dealkylation sites (N-methyl/N-ethyl adjacent to an activating group) is 1. The van der Waals surface area contributed by atoms with Gasteiger partial charge in [0.15, 0.2) is 0 Å². The van der Waals surface area contributed by atoms with E-state index in [1.165, 1.54) is 27.8 Å². The van der Waals surface area contributed by atoms with Crippen LogP contribution in [0.4, 0.5) is 0 Å². The largest absolute Gasteiger partial charge is 0.481 e. The first-order chi connectivity index (χ1) is 14.4. The van der Waals surface area contributed by atoms with E-state index >= 15 is 0 Å². The van der Waals surface area contributed by atoms with Crippen LogP contribution in [0.15, 0.2) is 24.3 Å². The van der Waals surface area contributed by atoms with Gasteiger partial charge in [0.1, 0.15) is 0 Å². The van der Waals surface area contributed by atoms with E-state index in [2.05, 4.69) is 49.0 Å². The van der Waals surface area contributed by atoms with Crippen LogP contribution in [0.25, 0.3) is 16.5 Å². The molecule has 1 saturated carbocycles. The number of carboxylic acid groups (broad SMARTS) is 1. The van der Waals surface area contributed by atoms with Gasteiger partial charge < -0.3 is 15.2 Å². The zero-order chi connectivity index (χ0) is 21.2. The van der Waals surface area contributed by atoms with E-state index in [9.17, 15) is 15.0 Å². The second kappa shape index (κ2) is 7.24. The minimum absolute atomic E-state index is 0.177. The van der Waals surface area contributed by atoms with Crippen molar-refractivity contribution >= 4 is 22.4 Å². The predicted octanol–water partition coefficient (Wildman–Crippen LogP) is 4.34. The number of aliphatic carboxylic acids is 1. The average Bonchev–Trinajstić information content (AvgIpc) is 3.10. The van der Waals surface area contributed by atoms with Gasteiger partial charge >= 0.3 is 5.97 Å². The SMILES string of the molecule is CC(C)c1[nH]c2cccc3c2c1C(C1CCC(O)CC1)[C@@H]1C3=C[C@@H](C(=O)O)CN1C. The molecule has 1 aromatic heterocycles. The smallest absolute Gasteiger partial charge is 0.311 e. The summed E-state index contributed by atoms with van der Waals surface area (Å²) in [5.41, 5.74) is 6.30. The van der Waals surface area contributed by atoms with Gasteiger partial charge in [-0.1, -0.05) is 32.1 Å². The normalized spacial score (nSPS) is 31.6. The lowest BCUT2D eigenvalue weighted by Crippen LogP contribution is -2.48. The fourth-order valence-corrected chi connectivity index (χ4v) is 6.34. The first kappa shape index (κ1) is 19.8. The Bertz CT molecular complexity index is 1010. The Morgan fingerprint density at radius 1 is 1.20 bits per heavy atom. The van der Waals surface area contributed by atoms with Gasteiger partial charge in [-0.3, -0.25) is 9.69 Å². The third kappa shape index (κ3) is 2.94. The Labute approximate surface area is 177 Å². The summed E-state index contributed by atoms with van der Waals surface area (Å²) in [6, 6.07) is 6.59. The van der Waals surface area contributed by atoms with Gasteiger partial charge in [0.05, 0.1) is 12.0 Å². The summed E-state index contributed by atoms with van der Waals surface area (Å²) in [5, 5.41) is 21.2. The van der Waals surface area contributed by atoms with Crippen LogP contribution in [0.1, 0.15) is 68.2 Å². The third-order valence-electron chi connectivity index (χ3n) is 7.68. The lowest BCUT2D eigenvalue weighted by Gasteiger charge is -2.48. The van der Waals surface area contributed by atoms with E-state index in [1.807, 2.05) is 6.08 Å². The zero-order valence-corrected chi connectivity index (χ0v) is 18.1. The number of carbonyl (C=O) groups is 1. The molecule has 1 unspecified atom stereocenters. The molecule has 3 N–H and O–H groups in total. The number of aliphatic hydroxyl groups excluding tert-OH is 1. The van der Waals surface area contributed by atoms with Crippen molar-refractivity contribution in [3.63, 3.8) is 0 Å². The molecule has 160 valence electrons. The van der Waals surface area contributed by atoms with Gasteiger partial charge in [-0.25, -0.2) is 0 Å². The average molecular weight is 409 g/mol. The predicted molar refractivity (Wildman–Crippen MR) is 119 cm³/mol. The number of H-pyrrole nitrogens is 1. The summed E-state index contributed by atoms with van der Waals surface area (Å²) in [6.45, 7) is 5.04. The third-order valence-corrected chi connectivity index (χ3v) is 7.68. The number of nitrogens with one attached hydrogen (secondary N) is 1. The second-order valence-electron chi connectivity index (χ2n) is 9.88. The number of nitrogens with zero attached hydrogens (tertiary/aromatic N) is 1. The van der Waals surface area contributed by atoms with Crippen LogP contribution in [0.5, 0.6) is 0 Å². The van der Waals surface area contributed by atoms with Crippen molar-refractivity contribution in [2.24, 2.45) is 11.8 Å². The fraction of sp³-hybridized carbons (Fsp3) is 0.560. The van der Waals surface area contributed by atoms with Crippen molar-refractivity contribution in [2.75, 3.05) is 13.6 Å². The summed E-state index contributed by atoms with van der Waals surface area (Å²) in [7, 11) is 2.09. The number of aromatic amines is 1.